The standard InChI is InChI=1S/C18H20ClN3O/c1-2-15-16(18(23)20-13-7-8-13)17(11-3-4-11)21-22(15)14-9-5-12(19)6-10-14/h5-6,9-11,13H,2-4,7-8H2,1H3,(H,20,23). The number of amides is 1. The molecule has 1 aromatic heterocycles. The first kappa shape index (κ1) is 14.8. The third-order valence-electron chi connectivity index (χ3n) is 4.52. The Bertz CT molecular complexity index is 742. The van der Waals surface area contributed by atoms with Gasteiger partial charge in [-0.1, -0.05) is 18.5 Å². The highest BCUT2D eigenvalue weighted by atomic mass is 35.5. The average molecular weight is 330 g/mol. The molecule has 4 nitrogen and oxygen atoms in total. The molecule has 0 atom stereocenters. The van der Waals surface area contributed by atoms with Crippen LogP contribution in [0, 0.1) is 0 Å². The van der Waals surface area contributed by atoms with E-state index in [1.165, 1.54) is 0 Å². The first-order valence-corrected chi connectivity index (χ1v) is 8.73. The summed E-state index contributed by atoms with van der Waals surface area (Å²) in [5.74, 6) is 0.486. The van der Waals surface area contributed by atoms with E-state index < -0.39 is 0 Å². The van der Waals surface area contributed by atoms with Crippen molar-refractivity contribution in [3.63, 3.8) is 0 Å². The van der Waals surface area contributed by atoms with E-state index in [0.29, 0.717) is 17.0 Å². The van der Waals surface area contributed by atoms with E-state index in [2.05, 4.69) is 12.2 Å². The number of rotatable bonds is 5. The zero-order chi connectivity index (χ0) is 16.0. The van der Waals surface area contributed by atoms with Crippen LogP contribution >= 0.6 is 11.6 Å². The molecule has 120 valence electrons. The summed E-state index contributed by atoms with van der Waals surface area (Å²) in [4.78, 5) is 12.7. The van der Waals surface area contributed by atoms with Crippen LogP contribution in [0.3, 0.4) is 0 Å². The Morgan fingerprint density at radius 2 is 1.96 bits per heavy atom. The van der Waals surface area contributed by atoms with Gasteiger partial charge < -0.3 is 5.32 Å². The van der Waals surface area contributed by atoms with Gasteiger partial charge in [-0.05, 0) is 56.4 Å². The Morgan fingerprint density at radius 1 is 1.26 bits per heavy atom. The summed E-state index contributed by atoms with van der Waals surface area (Å²) < 4.78 is 1.92. The van der Waals surface area contributed by atoms with Gasteiger partial charge in [-0.15, -0.1) is 0 Å². The molecule has 0 bridgehead atoms. The van der Waals surface area contributed by atoms with Gasteiger partial charge in [0.05, 0.1) is 22.6 Å². The monoisotopic (exact) mass is 329 g/mol. The van der Waals surface area contributed by atoms with E-state index in [-0.39, 0.29) is 5.91 Å². The summed E-state index contributed by atoms with van der Waals surface area (Å²) in [6.45, 7) is 2.08. The number of halogens is 1. The van der Waals surface area contributed by atoms with Crippen LogP contribution in [0.4, 0.5) is 0 Å². The van der Waals surface area contributed by atoms with Crippen molar-refractivity contribution < 1.29 is 4.79 Å². The predicted octanol–water partition coefficient (Wildman–Crippen LogP) is 3.86. The first-order valence-electron chi connectivity index (χ1n) is 8.36. The minimum absolute atomic E-state index is 0.0477. The van der Waals surface area contributed by atoms with Crippen LogP contribution in [0.25, 0.3) is 5.69 Å². The van der Waals surface area contributed by atoms with Crippen LogP contribution in [0.5, 0.6) is 0 Å². The second-order valence-electron chi connectivity index (χ2n) is 6.47. The van der Waals surface area contributed by atoms with Gasteiger partial charge in [0.25, 0.3) is 5.91 Å². The van der Waals surface area contributed by atoms with Crippen LogP contribution in [0.15, 0.2) is 24.3 Å². The lowest BCUT2D eigenvalue weighted by atomic mass is 10.1. The molecule has 2 aliphatic carbocycles. The molecular weight excluding hydrogens is 310 g/mol. The second kappa shape index (κ2) is 5.68. The third kappa shape index (κ3) is 2.88. The Balaban J connectivity index is 1.79. The van der Waals surface area contributed by atoms with Gasteiger partial charge in [-0.3, -0.25) is 4.79 Å². The van der Waals surface area contributed by atoms with E-state index in [0.717, 1.165) is 54.7 Å². The topological polar surface area (TPSA) is 46.9 Å². The highest BCUT2D eigenvalue weighted by Gasteiger charge is 2.35. The molecule has 5 heteroatoms. The van der Waals surface area contributed by atoms with E-state index in [1.807, 2.05) is 28.9 Å². The van der Waals surface area contributed by atoms with Gasteiger partial charge >= 0.3 is 0 Å². The largest absolute Gasteiger partial charge is 0.349 e. The van der Waals surface area contributed by atoms with Crippen molar-refractivity contribution >= 4 is 17.5 Å². The Kier molecular flexibility index (Phi) is 3.64. The van der Waals surface area contributed by atoms with Crippen molar-refractivity contribution in [2.75, 3.05) is 0 Å². The molecule has 4 rings (SSSR count). The molecule has 2 aromatic rings. The van der Waals surface area contributed by atoms with Gasteiger partial charge in [0.15, 0.2) is 0 Å². The van der Waals surface area contributed by atoms with Crippen LogP contribution < -0.4 is 5.32 Å². The highest BCUT2D eigenvalue weighted by Crippen LogP contribution is 2.42. The van der Waals surface area contributed by atoms with Crippen molar-refractivity contribution in [2.24, 2.45) is 0 Å². The van der Waals surface area contributed by atoms with Gasteiger partial charge in [0.1, 0.15) is 0 Å². The molecule has 0 saturated heterocycles. The first-order chi connectivity index (χ1) is 11.2. The van der Waals surface area contributed by atoms with Crippen molar-refractivity contribution in [1.29, 1.82) is 0 Å². The molecule has 2 saturated carbocycles. The zero-order valence-corrected chi connectivity index (χ0v) is 13.9. The van der Waals surface area contributed by atoms with Gasteiger partial charge in [0, 0.05) is 17.0 Å². The molecule has 0 aliphatic heterocycles. The number of nitrogens with zero attached hydrogens (tertiary/aromatic N) is 2. The normalized spacial score (nSPS) is 17.3. The fourth-order valence-electron chi connectivity index (χ4n) is 2.97. The molecule has 0 spiro atoms. The smallest absolute Gasteiger partial charge is 0.255 e. The van der Waals surface area contributed by atoms with Crippen LogP contribution in [-0.4, -0.2) is 21.7 Å². The molecule has 2 fully saturated rings. The van der Waals surface area contributed by atoms with Crippen LogP contribution in [0.2, 0.25) is 5.02 Å². The summed E-state index contributed by atoms with van der Waals surface area (Å²) in [6, 6.07) is 7.98. The van der Waals surface area contributed by atoms with E-state index in [1.54, 1.807) is 0 Å². The zero-order valence-electron chi connectivity index (χ0n) is 13.2. The number of aromatic nitrogens is 2. The SMILES string of the molecule is CCc1c(C(=O)NC2CC2)c(C2CC2)nn1-c1ccc(Cl)cc1. The van der Waals surface area contributed by atoms with E-state index >= 15 is 0 Å². The minimum atomic E-state index is 0.0477. The fraction of sp³-hybridized carbons (Fsp3) is 0.444. The minimum Gasteiger partial charge on any atom is -0.349 e. The highest BCUT2D eigenvalue weighted by molar-refractivity contribution is 6.30. The second-order valence-corrected chi connectivity index (χ2v) is 6.91. The summed E-state index contributed by atoms with van der Waals surface area (Å²) in [5, 5.41) is 8.63. The van der Waals surface area contributed by atoms with Crippen molar-refractivity contribution in [3.05, 3.63) is 46.2 Å². The lowest BCUT2D eigenvalue weighted by molar-refractivity contribution is 0.0949. The molecule has 2 aliphatic rings. The van der Waals surface area contributed by atoms with Crippen molar-refractivity contribution in [3.8, 4) is 5.69 Å². The number of hydrogen-bond donors (Lipinski definition) is 1. The maximum absolute atomic E-state index is 12.7. The molecule has 1 N–H and O–H groups in total. The Morgan fingerprint density at radius 3 is 2.52 bits per heavy atom. The molecular formula is C18H20ClN3O. The number of hydrogen-bond acceptors (Lipinski definition) is 2. The summed E-state index contributed by atoms with van der Waals surface area (Å²) in [5.41, 5.74) is 3.72. The van der Waals surface area contributed by atoms with E-state index in [9.17, 15) is 4.79 Å². The third-order valence-corrected chi connectivity index (χ3v) is 4.77. The Labute approximate surface area is 140 Å². The lowest BCUT2D eigenvalue weighted by Crippen LogP contribution is -2.27. The maximum atomic E-state index is 12.7. The number of carbonyl (C=O) groups excluding carboxylic acids is 1. The average Bonchev–Trinajstić information content (AvgIpc) is 3.46. The summed E-state index contributed by atoms with van der Waals surface area (Å²) >= 11 is 5.99. The van der Waals surface area contributed by atoms with Crippen LogP contribution in [0.1, 0.15) is 60.3 Å². The van der Waals surface area contributed by atoms with Gasteiger partial charge in [0.2, 0.25) is 0 Å². The van der Waals surface area contributed by atoms with Gasteiger partial charge in [-0.2, -0.15) is 5.10 Å². The number of nitrogens with one attached hydrogen (secondary N) is 1. The number of carbonyl (C=O) groups is 1. The fourth-order valence-corrected chi connectivity index (χ4v) is 3.10. The summed E-state index contributed by atoms with van der Waals surface area (Å²) in [6.07, 6.45) is 5.22. The van der Waals surface area contributed by atoms with E-state index in [4.69, 9.17) is 16.7 Å². The molecule has 0 radical (unpaired) electrons. The van der Waals surface area contributed by atoms with Crippen molar-refractivity contribution in [1.82, 2.24) is 15.1 Å². The molecule has 1 heterocycles. The molecule has 1 aromatic carbocycles. The number of benzene rings is 1. The quantitative estimate of drug-likeness (QED) is 0.905. The summed E-state index contributed by atoms with van der Waals surface area (Å²) in [7, 11) is 0. The molecule has 1 amide bonds. The van der Waals surface area contributed by atoms with Crippen molar-refractivity contribution in [2.45, 2.75) is 51.0 Å². The Hall–Kier alpha value is -1.81. The predicted molar refractivity (Wildman–Crippen MR) is 90.4 cm³/mol. The lowest BCUT2D eigenvalue weighted by Gasteiger charge is -2.08. The maximum Gasteiger partial charge on any atom is 0.255 e. The molecule has 23 heavy (non-hydrogen) atoms. The molecule has 0 unspecified atom stereocenters. The van der Waals surface area contributed by atoms with Crippen LogP contribution in [-0.2, 0) is 6.42 Å². The van der Waals surface area contributed by atoms with Gasteiger partial charge in [-0.25, -0.2) is 4.68 Å².